The van der Waals surface area contributed by atoms with E-state index in [-0.39, 0.29) is 17.9 Å². The van der Waals surface area contributed by atoms with Crippen molar-refractivity contribution < 1.29 is 14.3 Å². The molecular weight excluding hydrogens is 352 g/mol. The molecule has 2 N–H and O–H groups in total. The van der Waals surface area contributed by atoms with Crippen molar-refractivity contribution in [2.24, 2.45) is 0 Å². The Balaban J connectivity index is 1.61. The molecule has 148 valence electrons. The van der Waals surface area contributed by atoms with Crippen molar-refractivity contribution in [1.82, 2.24) is 10.6 Å². The number of carbonyl (C=O) groups excluding carboxylic acids is 2. The zero-order valence-corrected chi connectivity index (χ0v) is 16.4. The monoisotopic (exact) mass is 380 g/mol. The van der Waals surface area contributed by atoms with Gasteiger partial charge in [-0.3, -0.25) is 9.59 Å². The lowest BCUT2D eigenvalue weighted by Crippen LogP contribution is -2.34. The van der Waals surface area contributed by atoms with Crippen molar-refractivity contribution in [3.8, 4) is 5.75 Å². The standard InChI is InChI=1S/C23H28N2O3/c1-28-21-14-7-6-9-19(21)16-24-22(26)17-10-8-11-18(15-17)23(27)25-20-12-4-2-3-5-13-20/h6-11,14-15,20H,2-5,12-13,16H2,1H3,(H,24,26)(H,25,27). The predicted octanol–water partition coefficient (Wildman–Crippen LogP) is 4.08. The van der Waals surface area contributed by atoms with Gasteiger partial charge in [0.1, 0.15) is 5.75 Å². The summed E-state index contributed by atoms with van der Waals surface area (Å²) in [6, 6.07) is 14.7. The van der Waals surface area contributed by atoms with Crippen molar-refractivity contribution in [2.45, 2.75) is 51.1 Å². The van der Waals surface area contributed by atoms with E-state index in [0.29, 0.717) is 17.7 Å². The molecule has 5 heteroatoms. The zero-order valence-electron chi connectivity index (χ0n) is 16.4. The van der Waals surface area contributed by atoms with E-state index in [9.17, 15) is 9.59 Å². The molecule has 0 radical (unpaired) electrons. The van der Waals surface area contributed by atoms with Gasteiger partial charge in [-0.1, -0.05) is 49.9 Å². The summed E-state index contributed by atoms with van der Waals surface area (Å²) in [4.78, 5) is 25.1. The van der Waals surface area contributed by atoms with E-state index < -0.39 is 0 Å². The van der Waals surface area contributed by atoms with Crippen LogP contribution in [0.2, 0.25) is 0 Å². The Labute approximate surface area is 166 Å². The zero-order chi connectivity index (χ0) is 19.8. The maximum absolute atomic E-state index is 12.6. The molecular formula is C23H28N2O3. The fraction of sp³-hybridized carbons (Fsp3) is 0.391. The Morgan fingerprint density at radius 2 is 1.61 bits per heavy atom. The van der Waals surface area contributed by atoms with E-state index in [1.807, 2.05) is 24.3 Å². The van der Waals surface area contributed by atoms with Gasteiger partial charge in [0, 0.05) is 29.3 Å². The minimum absolute atomic E-state index is 0.105. The highest BCUT2D eigenvalue weighted by atomic mass is 16.5. The highest BCUT2D eigenvalue weighted by molar-refractivity contribution is 5.99. The Morgan fingerprint density at radius 1 is 0.929 bits per heavy atom. The van der Waals surface area contributed by atoms with Gasteiger partial charge in [-0.15, -0.1) is 0 Å². The Bertz CT molecular complexity index is 811. The van der Waals surface area contributed by atoms with E-state index in [4.69, 9.17) is 4.74 Å². The molecule has 2 aromatic rings. The van der Waals surface area contributed by atoms with Gasteiger partial charge < -0.3 is 15.4 Å². The number of ether oxygens (including phenoxy) is 1. The number of rotatable bonds is 6. The van der Waals surface area contributed by atoms with Gasteiger partial charge in [0.2, 0.25) is 0 Å². The summed E-state index contributed by atoms with van der Waals surface area (Å²) < 4.78 is 5.31. The third-order valence-corrected chi connectivity index (χ3v) is 5.21. The molecule has 0 aliphatic heterocycles. The quantitative estimate of drug-likeness (QED) is 0.742. The van der Waals surface area contributed by atoms with Crippen LogP contribution in [0.1, 0.15) is 64.8 Å². The van der Waals surface area contributed by atoms with Gasteiger partial charge >= 0.3 is 0 Å². The fourth-order valence-corrected chi connectivity index (χ4v) is 3.62. The highest BCUT2D eigenvalue weighted by Crippen LogP contribution is 2.18. The summed E-state index contributed by atoms with van der Waals surface area (Å²) in [6.45, 7) is 0.362. The van der Waals surface area contributed by atoms with Gasteiger partial charge in [-0.2, -0.15) is 0 Å². The first-order valence-electron chi connectivity index (χ1n) is 9.98. The molecule has 1 aliphatic rings. The second-order valence-corrected chi connectivity index (χ2v) is 7.24. The van der Waals surface area contributed by atoms with Crippen LogP contribution in [0.4, 0.5) is 0 Å². The maximum Gasteiger partial charge on any atom is 0.251 e. The molecule has 3 rings (SSSR count). The van der Waals surface area contributed by atoms with Crippen LogP contribution in [0.25, 0.3) is 0 Å². The average Bonchev–Trinajstić information content (AvgIpc) is 3.01. The first-order valence-corrected chi connectivity index (χ1v) is 9.98. The number of para-hydroxylation sites is 1. The minimum atomic E-state index is -0.213. The molecule has 0 unspecified atom stereocenters. The van der Waals surface area contributed by atoms with Crippen LogP contribution in [-0.2, 0) is 6.54 Å². The van der Waals surface area contributed by atoms with Crippen LogP contribution in [0, 0.1) is 0 Å². The van der Waals surface area contributed by atoms with E-state index in [1.165, 1.54) is 12.8 Å². The van der Waals surface area contributed by atoms with Crippen molar-refractivity contribution in [1.29, 1.82) is 0 Å². The van der Waals surface area contributed by atoms with Crippen LogP contribution < -0.4 is 15.4 Å². The number of nitrogens with one attached hydrogen (secondary N) is 2. The fourth-order valence-electron chi connectivity index (χ4n) is 3.62. The van der Waals surface area contributed by atoms with Crippen LogP contribution in [-0.4, -0.2) is 25.0 Å². The minimum Gasteiger partial charge on any atom is -0.496 e. The van der Waals surface area contributed by atoms with E-state index in [2.05, 4.69) is 10.6 Å². The van der Waals surface area contributed by atoms with Crippen molar-refractivity contribution in [2.75, 3.05) is 7.11 Å². The lowest BCUT2D eigenvalue weighted by Gasteiger charge is -2.16. The lowest BCUT2D eigenvalue weighted by atomic mass is 10.1. The Morgan fingerprint density at radius 3 is 2.32 bits per heavy atom. The van der Waals surface area contributed by atoms with Crippen LogP contribution in [0.5, 0.6) is 5.75 Å². The Hall–Kier alpha value is -2.82. The molecule has 0 bridgehead atoms. The molecule has 2 aromatic carbocycles. The van der Waals surface area contributed by atoms with E-state index in [1.54, 1.807) is 31.4 Å². The SMILES string of the molecule is COc1ccccc1CNC(=O)c1cccc(C(=O)NC2CCCCCC2)c1. The second-order valence-electron chi connectivity index (χ2n) is 7.24. The average molecular weight is 380 g/mol. The number of amides is 2. The molecule has 1 aliphatic carbocycles. The van der Waals surface area contributed by atoms with Crippen LogP contribution in [0.3, 0.4) is 0 Å². The molecule has 0 atom stereocenters. The number of hydrogen-bond donors (Lipinski definition) is 2. The first kappa shape index (κ1) is 19.9. The predicted molar refractivity (Wildman–Crippen MR) is 110 cm³/mol. The van der Waals surface area contributed by atoms with Gasteiger partial charge in [0.25, 0.3) is 11.8 Å². The molecule has 28 heavy (non-hydrogen) atoms. The molecule has 0 aromatic heterocycles. The largest absolute Gasteiger partial charge is 0.496 e. The van der Waals surface area contributed by atoms with Crippen LogP contribution in [0.15, 0.2) is 48.5 Å². The number of carbonyl (C=O) groups is 2. The molecule has 0 saturated heterocycles. The summed E-state index contributed by atoms with van der Waals surface area (Å²) in [5.41, 5.74) is 1.90. The van der Waals surface area contributed by atoms with Gasteiger partial charge in [-0.25, -0.2) is 0 Å². The topological polar surface area (TPSA) is 67.4 Å². The summed E-state index contributed by atoms with van der Waals surface area (Å²) in [7, 11) is 1.61. The molecule has 2 amide bonds. The van der Waals surface area contributed by atoms with Gasteiger partial charge in [0.15, 0.2) is 0 Å². The molecule has 5 nitrogen and oxygen atoms in total. The van der Waals surface area contributed by atoms with E-state index in [0.717, 1.165) is 37.0 Å². The third-order valence-electron chi connectivity index (χ3n) is 5.21. The van der Waals surface area contributed by atoms with E-state index >= 15 is 0 Å². The van der Waals surface area contributed by atoms with Crippen molar-refractivity contribution >= 4 is 11.8 Å². The first-order chi connectivity index (χ1) is 13.7. The molecule has 0 spiro atoms. The summed E-state index contributed by atoms with van der Waals surface area (Å²) >= 11 is 0. The van der Waals surface area contributed by atoms with Gasteiger partial charge in [0.05, 0.1) is 7.11 Å². The molecule has 0 heterocycles. The summed E-state index contributed by atoms with van der Waals surface area (Å²) in [6.07, 6.45) is 6.88. The number of methoxy groups -OCH3 is 1. The normalized spacial score (nSPS) is 14.8. The summed E-state index contributed by atoms with van der Waals surface area (Å²) in [5.74, 6) is 0.417. The maximum atomic E-state index is 12.6. The third kappa shape index (κ3) is 5.35. The number of benzene rings is 2. The van der Waals surface area contributed by atoms with Gasteiger partial charge in [-0.05, 0) is 37.1 Å². The second kappa shape index (κ2) is 9.93. The van der Waals surface area contributed by atoms with Crippen LogP contribution >= 0.6 is 0 Å². The van der Waals surface area contributed by atoms with Crippen molar-refractivity contribution in [3.05, 3.63) is 65.2 Å². The Kier molecular flexibility index (Phi) is 7.06. The summed E-state index contributed by atoms with van der Waals surface area (Å²) in [5, 5.41) is 6.02. The lowest BCUT2D eigenvalue weighted by molar-refractivity contribution is 0.0933. The highest BCUT2D eigenvalue weighted by Gasteiger charge is 2.17. The molecule has 1 saturated carbocycles. The number of hydrogen-bond acceptors (Lipinski definition) is 3. The smallest absolute Gasteiger partial charge is 0.251 e. The molecule has 1 fully saturated rings. The van der Waals surface area contributed by atoms with Crippen molar-refractivity contribution in [3.63, 3.8) is 0 Å².